The molecule has 2 aliphatic rings. The number of hydrogen-bond donors (Lipinski definition) is 1. The predicted octanol–water partition coefficient (Wildman–Crippen LogP) is 1.51. The third-order valence-corrected chi connectivity index (χ3v) is 3.92. The van der Waals surface area contributed by atoms with Gasteiger partial charge in [-0.3, -0.25) is 0 Å². The Balaban J connectivity index is 0.00000128. The first-order valence-corrected chi connectivity index (χ1v) is 6.38. The molecule has 16 heavy (non-hydrogen) atoms. The molecule has 0 spiro atoms. The maximum absolute atomic E-state index is 5.69. The Kier molecular flexibility index (Phi) is 6.66. The number of piperidine rings is 1. The summed E-state index contributed by atoms with van der Waals surface area (Å²) < 4.78 is 5.40. The van der Waals surface area contributed by atoms with Crippen LogP contribution in [0.1, 0.15) is 25.7 Å². The Morgan fingerprint density at radius 2 is 1.88 bits per heavy atom. The normalized spacial score (nSPS) is 27.9. The fourth-order valence-corrected chi connectivity index (χ4v) is 2.62. The summed E-state index contributed by atoms with van der Waals surface area (Å²) in [6.45, 7) is 6.65. The number of likely N-dealkylation sites (tertiary alicyclic amines) is 1. The van der Waals surface area contributed by atoms with Crippen LogP contribution in [0, 0.1) is 11.8 Å². The lowest BCUT2D eigenvalue weighted by molar-refractivity contribution is 0.161. The van der Waals surface area contributed by atoms with Gasteiger partial charge in [0, 0.05) is 13.2 Å². The highest BCUT2D eigenvalue weighted by Gasteiger charge is 2.20. The average molecular weight is 249 g/mol. The molecule has 4 heteroatoms. The topological polar surface area (TPSA) is 38.5 Å². The Labute approximate surface area is 105 Å². The minimum atomic E-state index is 0. The standard InChI is InChI=1S/C12H24N2O.ClH/c13-9-11-1-5-14(6-2-11)7-3-12-4-8-15-10-12;/h11-12H,1-10,13H2;1H. The second-order valence-electron chi connectivity index (χ2n) is 5.04. The van der Waals surface area contributed by atoms with Gasteiger partial charge in [-0.15, -0.1) is 12.4 Å². The molecule has 1 atom stereocenters. The van der Waals surface area contributed by atoms with Crippen molar-refractivity contribution in [3.8, 4) is 0 Å². The first-order chi connectivity index (χ1) is 7.38. The van der Waals surface area contributed by atoms with Gasteiger partial charge in [-0.25, -0.2) is 0 Å². The molecule has 2 N–H and O–H groups in total. The third-order valence-electron chi connectivity index (χ3n) is 3.92. The number of halogens is 1. The van der Waals surface area contributed by atoms with Crippen LogP contribution in [-0.4, -0.2) is 44.3 Å². The highest BCUT2D eigenvalue weighted by molar-refractivity contribution is 5.85. The van der Waals surface area contributed by atoms with Crippen LogP contribution >= 0.6 is 12.4 Å². The lowest BCUT2D eigenvalue weighted by Gasteiger charge is -2.31. The molecule has 1 unspecified atom stereocenters. The molecular weight excluding hydrogens is 224 g/mol. The Morgan fingerprint density at radius 1 is 1.12 bits per heavy atom. The van der Waals surface area contributed by atoms with Gasteiger partial charge < -0.3 is 15.4 Å². The zero-order chi connectivity index (χ0) is 10.5. The van der Waals surface area contributed by atoms with Crippen molar-refractivity contribution in [2.24, 2.45) is 17.6 Å². The van der Waals surface area contributed by atoms with Crippen molar-refractivity contribution < 1.29 is 4.74 Å². The minimum absolute atomic E-state index is 0. The van der Waals surface area contributed by atoms with Crippen molar-refractivity contribution in [3.63, 3.8) is 0 Å². The lowest BCUT2D eigenvalue weighted by Crippen LogP contribution is -2.37. The molecule has 2 fully saturated rings. The molecule has 0 aromatic rings. The van der Waals surface area contributed by atoms with Crippen molar-refractivity contribution in [3.05, 3.63) is 0 Å². The maximum Gasteiger partial charge on any atom is 0.0495 e. The van der Waals surface area contributed by atoms with Crippen LogP contribution in [-0.2, 0) is 4.74 Å². The SMILES string of the molecule is Cl.NCC1CCN(CCC2CCOC2)CC1. The molecule has 2 heterocycles. The van der Waals surface area contributed by atoms with Crippen molar-refractivity contribution in [2.75, 3.05) is 39.4 Å². The largest absolute Gasteiger partial charge is 0.381 e. The zero-order valence-electron chi connectivity index (χ0n) is 10.1. The van der Waals surface area contributed by atoms with Crippen LogP contribution in [0.3, 0.4) is 0 Å². The monoisotopic (exact) mass is 248 g/mol. The van der Waals surface area contributed by atoms with Gasteiger partial charge in [0.1, 0.15) is 0 Å². The fraction of sp³-hybridized carbons (Fsp3) is 1.00. The van der Waals surface area contributed by atoms with E-state index in [9.17, 15) is 0 Å². The van der Waals surface area contributed by atoms with Gasteiger partial charge in [-0.05, 0) is 63.7 Å². The van der Waals surface area contributed by atoms with Crippen molar-refractivity contribution >= 4 is 12.4 Å². The van der Waals surface area contributed by atoms with E-state index in [0.29, 0.717) is 0 Å². The van der Waals surface area contributed by atoms with Crippen molar-refractivity contribution in [1.29, 1.82) is 0 Å². The van der Waals surface area contributed by atoms with Crippen molar-refractivity contribution in [2.45, 2.75) is 25.7 Å². The van der Waals surface area contributed by atoms with Crippen LogP contribution in [0.5, 0.6) is 0 Å². The molecule has 0 radical (unpaired) electrons. The number of ether oxygens (including phenoxy) is 1. The molecule has 96 valence electrons. The second kappa shape index (κ2) is 7.49. The van der Waals surface area contributed by atoms with Gasteiger partial charge >= 0.3 is 0 Å². The van der Waals surface area contributed by atoms with E-state index in [0.717, 1.165) is 31.6 Å². The lowest BCUT2D eigenvalue weighted by atomic mass is 9.96. The summed E-state index contributed by atoms with van der Waals surface area (Å²) in [6, 6.07) is 0. The van der Waals surface area contributed by atoms with E-state index < -0.39 is 0 Å². The quantitative estimate of drug-likeness (QED) is 0.820. The van der Waals surface area contributed by atoms with Crippen LogP contribution in [0.4, 0.5) is 0 Å². The van der Waals surface area contributed by atoms with E-state index in [4.69, 9.17) is 10.5 Å². The molecule has 0 bridgehead atoms. The van der Waals surface area contributed by atoms with E-state index in [2.05, 4.69) is 4.90 Å². The molecule has 2 rings (SSSR count). The zero-order valence-corrected chi connectivity index (χ0v) is 10.9. The smallest absolute Gasteiger partial charge is 0.0495 e. The van der Waals surface area contributed by atoms with Gasteiger partial charge in [0.05, 0.1) is 0 Å². The van der Waals surface area contributed by atoms with E-state index in [-0.39, 0.29) is 12.4 Å². The summed E-state index contributed by atoms with van der Waals surface area (Å²) in [4.78, 5) is 2.60. The fourth-order valence-electron chi connectivity index (χ4n) is 2.62. The highest BCUT2D eigenvalue weighted by Crippen LogP contribution is 2.20. The summed E-state index contributed by atoms with van der Waals surface area (Å²) in [6.07, 6.45) is 5.21. The van der Waals surface area contributed by atoms with Crippen LogP contribution in [0.2, 0.25) is 0 Å². The van der Waals surface area contributed by atoms with Crippen LogP contribution < -0.4 is 5.73 Å². The Morgan fingerprint density at radius 3 is 2.44 bits per heavy atom. The van der Waals surface area contributed by atoms with Crippen LogP contribution in [0.25, 0.3) is 0 Å². The highest BCUT2D eigenvalue weighted by atomic mass is 35.5. The van der Waals surface area contributed by atoms with Crippen LogP contribution in [0.15, 0.2) is 0 Å². The molecule has 0 amide bonds. The van der Waals surface area contributed by atoms with Gasteiger partial charge in [-0.2, -0.15) is 0 Å². The van der Waals surface area contributed by atoms with Gasteiger partial charge in [0.25, 0.3) is 0 Å². The average Bonchev–Trinajstić information content (AvgIpc) is 2.80. The summed E-state index contributed by atoms with van der Waals surface area (Å²) >= 11 is 0. The second-order valence-corrected chi connectivity index (χ2v) is 5.04. The molecule has 0 saturated carbocycles. The summed E-state index contributed by atoms with van der Waals surface area (Å²) in [5, 5.41) is 0. The number of rotatable bonds is 4. The molecule has 2 aliphatic heterocycles. The van der Waals surface area contributed by atoms with E-state index in [1.165, 1.54) is 45.3 Å². The minimum Gasteiger partial charge on any atom is -0.381 e. The van der Waals surface area contributed by atoms with E-state index in [1.54, 1.807) is 0 Å². The van der Waals surface area contributed by atoms with Gasteiger partial charge in [0.2, 0.25) is 0 Å². The first-order valence-electron chi connectivity index (χ1n) is 6.38. The Bertz CT molecular complexity index is 178. The number of hydrogen-bond acceptors (Lipinski definition) is 3. The molecule has 0 aromatic heterocycles. The van der Waals surface area contributed by atoms with Gasteiger partial charge in [-0.1, -0.05) is 0 Å². The summed E-state index contributed by atoms with van der Waals surface area (Å²) in [7, 11) is 0. The molecule has 0 aliphatic carbocycles. The van der Waals surface area contributed by atoms with E-state index in [1.807, 2.05) is 0 Å². The van der Waals surface area contributed by atoms with Gasteiger partial charge in [0.15, 0.2) is 0 Å². The first kappa shape index (κ1) is 14.2. The molecule has 3 nitrogen and oxygen atoms in total. The molecule has 2 saturated heterocycles. The third kappa shape index (κ3) is 4.21. The molecular formula is C12H25ClN2O. The van der Waals surface area contributed by atoms with E-state index >= 15 is 0 Å². The molecule has 0 aromatic carbocycles. The number of nitrogens with zero attached hydrogens (tertiary/aromatic N) is 1. The summed E-state index contributed by atoms with van der Waals surface area (Å²) in [5.74, 6) is 1.62. The number of nitrogens with two attached hydrogens (primary N) is 1. The van der Waals surface area contributed by atoms with Crippen molar-refractivity contribution in [1.82, 2.24) is 4.90 Å². The Hall–Kier alpha value is 0.170. The maximum atomic E-state index is 5.69. The predicted molar refractivity (Wildman–Crippen MR) is 69.0 cm³/mol. The summed E-state index contributed by atoms with van der Waals surface area (Å²) in [5.41, 5.74) is 5.69.